The van der Waals surface area contributed by atoms with Gasteiger partial charge in [0, 0.05) is 31.2 Å². The second-order valence-electron chi connectivity index (χ2n) is 7.07. The molecule has 0 bridgehead atoms. The van der Waals surface area contributed by atoms with Crippen molar-refractivity contribution in [2.75, 3.05) is 30.4 Å². The summed E-state index contributed by atoms with van der Waals surface area (Å²) < 4.78 is 13.7. The Morgan fingerprint density at radius 3 is 2.58 bits per heavy atom. The lowest BCUT2D eigenvalue weighted by atomic mass is 10.2. The molecule has 0 saturated carbocycles. The summed E-state index contributed by atoms with van der Waals surface area (Å²) in [5, 5.41) is 7.51. The van der Waals surface area contributed by atoms with Gasteiger partial charge in [-0.2, -0.15) is 0 Å². The fraction of sp³-hybridized carbons (Fsp3) is 0.261. The van der Waals surface area contributed by atoms with Gasteiger partial charge in [0.15, 0.2) is 5.13 Å². The molecule has 0 spiro atoms. The van der Waals surface area contributed by atoms with Gasteiger partial charge in [-0.3, -0.25) is 14.9 Å². The van der Waals surface area contributed by atoms with Crippen LogP contribution in [0.15, 0.2) is 60.0 Å². The smallest absolute Gasteiger partial charge is 0.260 e. The first kappa shape index (κ1) is 22.4. The van der Waals surface area contributed by atoms with Gasteiger partial charge < -0.3 is 10.2 Å². The summed E-state index contributed by atoms with van der Waals surface area (Å²) in [5.41, 5.74) is 1.69. The van der Waals surface area contributed by atoms with Crippen LogP contribution in [0.3, 0.4) is 0 Å². The Bertz CT molecular complexity index is 1010. The minimum atomic E-state index is -0.592. The average molecular weight is 441 g/mol. The zero-order valence-corrected chi connectivity index (χ0v) is 18.1. The number of nitrogens with one attached hydrogen (secondary N) is 2. The molecule has 0 saturated heterocycles. The van der Waals surface area contributed by atoms with Crippen molar-refractivity contribution in [3.8, 4) is 0 Å². The molecular formula is C23H25FN4O2S. The van der Waals surface area contributed by atoms with Gasteiger partial charge in [-0.1, -0.05) is 30.3 Å². The van der Waals surface area contributed by atoms with Gasteiger partial charge in [-0.05, 0) is 37.1 Å². The second-order valence-corrected chi connectivity index (χ2v) is 7.93. The fourth-order valence-electron chi connectivity index (χ4n) is 3.00. The van der Waals surface area contributed by atoms with Gasteiger partial charge in [0.1, 0.15) is 5.82 Å². The Morgan fingerprint density at radius 1 is 1.06 bits per heavy atom. The molecule has 162 valence electrons. The third kappa shape index (κ3) is 6.89. The van der Waals surface area contributed by atoms with Crippen molar-refractivity contribution >= 4 is 34.0 Å². The van der Waals surface area contributed by atoms with Crippen LogP contribution < -0.4 is 15.5 Å². The molecule has 0 radical (unpaired) electrons. The largest absolute Gasteiger partial charge is 0.375 e. The lowest BCUT2D eigenvalue weighted by molar-refractivity contribution is -0.120. The van der Waals surface area contributed by atoms with Crippen molar-refractivity contribution in [1.29, 1.82) is 0 Å². The van der Waals surface area contributed by atoms with Crippen LogP contribution in [0.5, 0.6) is 0 Å². The molecule has 2 amide bonds. The number of carbonyl (C=O) groups is 2. The van der Waals surface area contributed by atoms with E-state index in [1.54, 1.807) is 11.4 Å². The number of thiazole rings is 1. The number of amides is 2. The fourth-order valence-corrected chi connectivity index (χ4v) is 3.70. The molecule has 0 aliphatic heterocycles. The van der Waals surface area contributed by atoms with Gasteiger partial charge in [0.2, 0.25) is 5.91 Å². The summed E-state index contributed by atoms with van der Waals surface area (Å²) in [7, 11) is 2.05. The van der Waals surface area contributed by atoms with Crippen molar-refractivity contribution in [1.82, 2.24) is 10.3 Å². The SMILES string of the molecule is CN(CCCCNC(=O)Cc1csc(NC(=O)c2ccccc2F)n1)c1ccccc1. The van der Waals surface area contributed by atoms with E-state index in [0.29, 0.717) is 17.4 Å². The zero-order valence-electron chi connectivity index (χ0n) is 17.3. The standard InChI is InChI=1S/C23H25FN4O2S/c1-28(18-9-3-2-4-10-18)14-8-7-13-25-21(29)15-17-16-31-23(26-17)27-22(30)19-11-5-6-12-20(19)24/h2-6,9-12,16H,7-8,13-15H2,1H3,(H,25,29)(H,26,27,30). The van der Waals surface area contributed by atoms with Crippen LogP contribution in [0.1, 0.15) is 28.9 Å². The van der Waals surface area contributed by atoms with Crippen molar-refractivity contribution in [2.24, 2.45) is 0 Å². The predicted molar refractivity (Wildman–Crippen MR) is 122 cm³/mol. The summed E-state index contributed by atoms with van der Waals surface area (Å²) in [6.45, 7) is 1.51. The molecule has 3 rings (SSSR count). The number of halogens is 1. The minimum absolute atomic E-state index is 0.0464. The van der Waals surface area contributed by atoms with Crippen LogP contribution in [0, 0.1) is 5.82 Å². The molecule has 0 fully saturated rings. The topological polar surface area (TPSA) is 74.3 Å². The first-order chi connectivity index (χ1) is 15.0. The second kappa shape index (κ2) is 11.2. The van der Waals surface area contributed by atoms with Gasteiger partial charge >= 0.3 is 0 Å². The van der Waals surface area contributed by atoms with E-state index >= 15 is 0 Å². The zero-order chi connectivity index (χ0) is 22.1. The van der Waals surface area contributed by atoms with Gasteiger partial charge in [-0.15, -0.1) is 11.3 Å². The third-order valence-electron chi connectivity index (χ3n) is 4.67. The number of para-hydroxylation sites is 1. The average Bonchev–Trinajstić information content (AvgIpc) is 3.20. The molecule has 0 atom stereocenters. The van der Waals surface area contributed by atoms with Crippen LogP contribution >= 0.6 is 11.3 Å². The van der Waals surface area contributed by atoms with E-state index in [0.717, 1.165) is 19.4 Å². The lowest BCUT2D eigenvalue weighted by Crippen LogP contribution is -2.27. The number of anilines is 2. The number of benzene rings is 2. The Kier molecular flexibility index (Phi) is 8.12. The Hall–Kier alpha value is -3.26. The van der Waals surface area contributed by atoms with Crippen LogP contribution in [0.25, 0.3) is 0 Å². The van der Waals surface area contributed by atoms with E-state index in [2.05, 4.69) is 39.7 Å². The maximum Gasteiger partial charge on any atom is 0.260 e. The molecule has 31 heavy (non-hydrogen) atoms. The van der Waals surface area contributed by atoms with Crippen molar-refractivity contribution in [3.63, 3.8) is 0 Å². The molecule has 6 nitrogen and oxygen atoms in total. The monoisotopic (exact) mass is 440 g/mol. The van der Waals surface area contributed by atoms with E-state index in [1.165, 1.54) is 35.2 Å². The molecular weight excluding hydrogens is 415 g/mol. The maximum atomic E-state index is 13.7. The Labute approximate surface area is 185 Å². The normalized spacial score (nSPS) is 10.5. The molecule has 8 heteroatoms. The van der Waals surface area contributed by atoms with E-state index in [4.69, 9.17) is 0 Å². The van der Waals surface area contributed by atoms with Gasteiger partial charge in [-0.25, -0.2) is 9.37 Å². The highest BCUT2D eigenvalue weighted by Gasteiger charge is 2.14. The number of unbranched alkanes of at least 4 members (excludes halogenated alkanes) is 1. The number of nitrogens with zero attached hydrogens (tertiary/aromatic N) is 2. The highest BCUT2D eigenvalue weighted by atomic mass is 32.1. The van der Waals surface area contributed by atoms with Crippen molar-refractivity contribution < 1.29 is 14.0 Å². The number of rotatable bonds is 10. The van der Waals surface area contributed by atoms with E-state index < -0.39 is 11.7 Å². The van der Waals surface area contributed by atoms with Crippen molar-refractivity contribution in [3.05, 3.63) is 77.1 Å². The van der Waals surface area contributed by atoms with E-state index in [1.807, 2.05) is 18.2 Å². The molecule has 1 aromatic heterocycles. The predicted octanol–water partition coefficient (Wildman–Crippen LogP) is 4.11. The van der Waals surface area contributed by atoms with Crippen LogP contribution in [-0.4, -0.2) is 36.9 Å². The van der Waals surface area contributed by atoms with Crippen LogP contribution in [-0.2, 0) is 11.2 Å². The highest BCUT2D eigenvalue weighted by Crippen LogP contribution is 2.18. The lowest BCUT2D eigenvalue weighted by Gasteiger charge is -2.19. The summed E-state index contributed by atoms with van der Waals surface area (Å²) in [6.07, 6.45) is 1.98. The minimum Gasteiger partial charge on any atom is -0.375 e. The quantitative estimate of drug-likeness (QED) is 0.465. The molecule has 2 N–H and O–H groups in total. The summed E-state index contributed by atoms with van der Waals surface area (Å²) >= 11 is 1.20. The molecule has 0 aliphatic carbocycles. The number of aromatic nitrogens is 1. The van der Waals surface area contributed by atoms with Gasteiger partial charge in [0.25, 0.3) is 5.91 Å². The van der Waals surface area contributed by atoms with E-state index in [-0.39, 0.29) is 17.9 Å². The van der Waals surface area contributed by atoms with E-state index in [9.17, 15) is 14.0 Å². The first-order valence-corrected chi connectivity index (χ1v) is 10.9. The molecule has 3 aromatic rings. The number of hydrogen-bond donors (Lipinski definition) is 2. The Balaban J connectivity index is 1.36. The number of hydrogen-bond acceptors (Lipinski definition) is 5. The molecule has 2 aromatic carbocycles. The molecule has 0 aliphatic rings. The summed E-state index contributed by atoms with van der Waals surface area (Å²) in [6, 6.07) is 15.9. The Morgan fingerprint density at radius 2 is 1.81 bits per heavy atom. The van der Waals surface area contributed by atoms with Crippen LogP contribution in [0.4, 0.5) is 15.2 Å². The number of carbonyl (C=O) groups excluding carboxylic acids is 2. The third-order valence-corrected chi connectivity index (χ3v) is 5.48. The highest BCUT2D eigenvalue weighted by molar-refractivity contribution is 7.14. The summed E-state index contributed by atoms with van der Waals surface area (Å²) in [5.74, 6) is -1.27. The first-order valence-electron chi connectivity index (χ1n) is 10.1. The maximum absolute atomic E-state index is 13.7. The van der Waals surface area contributed by atoms with Gasteiger partial charge in [0.05, 0.1) is 17.7 Å². The van der Waals surface area contributed by atoms with Crippen LogP contribution in [0.2, 0.25) is 0 Å². The van der Waals surface area contributed by atoms with Crippen molar-refractivity contribution in [2.45, 2.75) is 19.3 Å². The molecule has 0 unspecified atom stereocenters. The molecule has 1 heterocycles. The summed E-state index contributed by atoms with van der Waals surface area (Å²) in [4.78, 5) is 30.7.